The lowest BCUT2D eigenvalue weighted by atomic mass is 10.2. The van der Waals surface area contributed by atoms with Gasteiger partial charge in [-0.15, -0.1) is 10.2 Å². The molecule has 0 radical (unpaired) electrons. The van der Waals surface area contributed by atoms with Crippen LogP contribution in [-0.4, -0.2) is 30.6 Å². The van der Waals surface area contributed by atoms with Gasteiger partial charge < -0.3 is 9.88 Å². The van der Waals surface area contributed by atoms with Crippen LogP contribution in [0.2, 0.25) is 0 Å². The predicted molar refractivity (Wildman–Crippen MR) is 116 cm³/mol. The van der Waals surface area contributed by atoms with Gasteiger partial charge in [-0.3, -0.25) is 9.78 Å². The molecule has 3 aromatic heterocycles. The standard InChI is InChI=1S/C22H20N6OS/c1-15(2)28-14-24-27-21(28)19-7-4-8-20(25-19)26-22(29)16-5-3-6-18(13-16)30-17-9-11-23-12-10-17/h3-15H,1-2H3,(H,25,26,29). The molecule has 8 heteroatoms. The average Bonchev–Trinajstić information content (AvgIpc) is 3.25. The predicted octanol–water partition coefficient (Wildman–Crippen LogP) is 4.72. The van der Waals surface area contributed by atoms with Crippen LogP contribution in [0.1, 0.15) is 30.2 Å². The van der Waals surface area contributed by atoms with E-state index in [-0.39, 0.29) is 11.9 Å². The number of anilines is 1. The molecule has 0 aliphatic carbocycles. The third kappa shape index (κ3) is 4.55. The van der Waals surface area contributed by atoms with Crippen molar-refractivity contribution in [2.45, 2.75) is 29.7 Å². The summed E-state index contributed by atoms with van der Waals surface area (Å²) in [6.07, 6.45) is 5.17. The number of nitrogens with zero attached hydrogens (tertiary/aromatic N) is 5. The number of pyridine rings is 2. The van der Waals surface area contributed by atoms with Gasteiger partial charge in [0.15, 0.2) is 5.82 Å². The Bertz CT molecular complexity index is 1160. The van der Waals surface area contributed by atoms with E-state index < -0.39 is 0 Å². The quantitative estimate of drug-likeness (QED) is 0.489. The molecule has 0 unspecified atom stereocenters. The summed E-state index contributed by atoms with van der Waals surface area (Å²) < 4.78 is 1.94. The molecular formula is C22H20N6OS. The van der Waals surface area contributed by atoms with Crippen molar-refractivity contribution in [1.82, 2.24) is 24.7 Å². The zero-order chi connectivity index (χ0) is 20.9. The van der Waals surface area contributed by atoms with Crippen LogP contribution in [0.15, 0.2) is 83.1 Å². The Hall–Kier alpha value is -3.52. The number of benzene rings is 1. The second-order valence-corrected chi connectivity index (χ2v) is 7.98. The monoisotopic (exact) mass is 416 g/mol. The van der Waals surface area contributed by atoms with Crippen molar-refractivity contribution in [3.05, 3.63) is 78.9 Å². The molecule has 0 saturated carbocycles. The lowest BCUT2D eigenvalue weighted by Crippen LogP contribution is -2.13. The molecule has 150 valence electrons. The van der Waals surface area contributed by atoms with Crippen LogP contribution >= 0.6 is 11.8 Å². The van der Waals surface area contributed by atoms with Gasteiger partial charge in [-0.2, -0.15) is 0 Å². The van der Waals surface area contributed by atoms with Gasteiger partial charge in [0.2, 0.25) is 0 Å². The first-order valence-electron chi connectivity index (χ1n) is 9.46. The first kappa shape index (κ1) is 19.8. The number of carbonyl (C=O) groups is 1. The van der Waals surface area contributed by atoms with Crippen molar-refractivity contribution in [1.29, 1.82) is 0 Å². The first-order valence-corrected chi connectivity index (χ1v) is 10.3. The van der Waals surface area contributed by atoms with Gasteiger partial charge in [-0.05, 0) is 56.3 Å². The van der Waals surface area contributed by atoms with Crippen LogP contribution in [-0.2, 0) is 0 Å². The van der Waals surface area contributed by atoms with E-state index in [0.717, 1.165) is 9.79 Å². The minimum atomic E-state index is -0.220. The summed E-state index contributed by atoms with van der Waals surface area (Å²) in [4.78, 5) is 23.4. The van der Waals surface area contributed by atoms with E-state index in [1.54, 1.807) is 42.6 Å². The van der Waals surface area contributed by atoms with E-state index in [4.69, 9.17) is 0 Å². The van der Waals surface area contributed by atoms with Crippen LogP contribution in [0.3, 0.4) is 0 Å². The Morgan fingerprint density at radius 1 is 1.03 bits per heavy atom. The summed E-state index contributed by atoms with van der Waals surface area (Å²) in [5.74, 6) is 0.905. The van der Waals surface area contributed by atoms with E-state index in [1.165, 1.54) is 0 Å². The number of hydrogen-bond acceptors (Lipinski definition) is 6. The summed E-state index contributed by atoms with van der Waals surface area (Å²) in [5, 5.41) is 11.0. The van der Waals surface area contributed by atoms with Gasteiger partial charge >= 0.3 is 0 Å². The molecule has 0 atom stereocenters. The molecular weight excluding hydrogens is 396 g/mol. The summed E-state index contributed by atoms with van der Waals surface area (Å²) in [7, 11) is 0. The minimum absolute atomic E-state index is 0.204. The Labute approximate surface area is 178 Å². The number of nitrogens with one attached hydrogen (secondary N) is 1. The van der Waals surface area contributed by atoms with Gasteiger partial charge in [0.05, 0.1) is 0 Å². The third-order valence-corrected chi connectivity index (χ3v) is 5.33. The molecule has 0 saturated heterocycles. The molecule has 0 bridgehead atoms. The SMILES string of the molecule is CC(C)n1cnnc1-c1cccc(NC(=O)c2cccc(Sc3ccncc3)c2)n1. The lowest BCUT2D eigenvalue weighted by molar-refractivity contribution is 0.102. The smallest absolute Gasteiger partial charge is 0.256 e. The second-order valence-electron chi connectivity index (χ2n) is 6.83. The van der Waals surface area contributed by atoms with Crippen LogP contribution in [0.5, 0.6) is 0 Å². The normalized spacial score (nSPS) is 10.9. The summed E-state index contributed by atoms with van der Waals surface area (Å²) >= 11 is 1.58. The van der Waals surface area contributed by atoms with E-state index in [0.29, 0.717) is 22.9 Å². The van der Waals surface area contributed by atoms with Gasteiger partial charge in [0.1, 0.15) is 17.8 Å². The molecule has 7 nitrogen and oxygen atoms in total. The molecule has 0 spiro atoms. The molecule has 4 aromatic rings. The minimum Gasteiger partial charge on any atom is -0.310 e. The fraction of sp³-hybridized carbons (Fsp3) is 0.136. The maximum absolute atomic E-state index is 12.8. The van der Waals surface area contributed by atoms with Crippen molar-refractivity contribution in [3.63, 3.8) is 0 Å². The second kappa shape index (κ2) is 8.87. The van der Waals surface area contributed by atoms with Crippen molar-refractivity contribution >= 4 is 23.5 Å². The zero-order valence-corrected chi connectivity index (χ0v) is 17.4. The van der Waals surface area contributed by atoms with Crippen molar-refractivity contribution in [3.8, 4) is 11.5 Å². The van der Waals surface area contributed by atoms with Gasteiger partial charge in [-0.25, -0.2) is 4.98 Å². The average molecular weight is 417 g/mol. The van der Waals surface area contributed by atoms with Crippen molar-refractivity contribution < 1.29 is 4.79 Å². The van der Waals surface area contributed by atoms with E-state index in [1.807, 2.05) is 47.0 Å². The number of hydrogen-bond donors (Lipinski definition) is 1. The lowest BCUT2D eigenvalue weighted by Gasteiger charge is -2.11. The highest BCUT2D eigenvalue weighted by molar-refractivity contribution is 7.99. The third-order valence-electron chi connectivity index (χ3n) is 4.33. The highest BCUT2D eigenvalue weighted by Crippen LogP contribution is 2.27. The maximum atomic E-state index is 12.8. The largest absolute Gasteiger partial charge is 0.310 e. The molecule has 4 rings (SSSR count). The first-order chi connectivity index (χ1) is 14.6. The molecule has 1 amide bonds. The van der Waals surface area contributed by atoms with E-state index in [9.17, 15) is 4.79 Å². The number of rotatable bonds is 6. The van der Waals surface area contributed by atoms with Crippen LogP contribution < -0.4 is 5.32 Å². The summed E-state index contributed by atoms with van der Waals surface area (Å²) in [6.45, 7) is 4.10. The molecule has 0 fully saturated rings. The number of amides is 1. The molecule has 1 aromatic carbocycles. The van der Waals surface area contributed by atoms with Gasteiger partial charge in [-0.1, -0.05) is 23.9 Å². The fourth-order valence-corrected chi connectivity index (χ4v) is 3.73. The summed E-state index contributed by atoms with van der Waals surface area (Å²) in [5.41, 5.74) is 1.22. The Kier molecular flexibility index (Phi) is 5.85. The molecule has 0 aliphatic rings. The Balaban J connectivity index is 1.52. The molecule has 3 heterocycles. The number of carbonyl (C=O) groups excluding carboxylic acids is 1. The van der Waals surface area contributed by atoms with Crippen LogP contribution in [0.4, 0.5) is 5.82 Å². The zero-order valence-electron chi connectivity index (χ0n) is 16.6. The van der Waals surface area contributed by atoms with Crippen LogP contribution in [0.25, 0.3) is 11.5 Å². The number of aromatic nitrogens is 5. The summed E-state index contributed by atoms with van der Waals surface area (Å²) in [6, 6.07) is 17.0. The highest BCUT2D eigenvalue weighted by atomic mass is 32.2. The fourth-order valence-electron chi connectivity index (χ4n) is 2.86. The topological polar surface area (TPSA) is 85.6 Å². The molecule has 1 N–H and O–H groups in total. The van der Waals surface area contributed by atoms with Gasteiger partial charge in [0.25, 0.3) is 5.91 Å². The molecule has 0 aliphatic heterocycles. The Morgan fingerprint density at radius 2 is 1.83 bits per heavy atom. The van der Waals surface area contributed by atoms with Crippen molar-refractivity contribution in [2.24, 2.45) is 0 Å². The maximum Gasteiger partial charge on any atom is 0.256 e. The van der Waals surface area contributed by atoms with Gasteiger partial charge in [0, 0.05) is 33.8 Å². The van der Waals surface area contributed by atoms with Crippen LogP contribution in [0, 0.1) is 0 Å². The highest BCUT2D eigenvalue weighted by Gasteiger charge is 2.13. The molecule has 30 heavy (non-hydrogen) atoms. The van der Waals surface area contributed by atoms with E-state index in [2.05, 4.69) is 39.3 Å². The van der Waals surface area contributed by atoms with Crippen molar-refractivity contribution in [2.75, 3.05) is 5.32 Å². The Morgan fingerprint density at radius 3 is 2.63 bits per heavy atom. The van der Waals surface area contributed by atoms with E-state index >= 15 is 0 Å².